The van der Waals surface area contributed by atoms with Crippen molar-refractivity contribution in [3.05, 3.63) is 113 Å². The zero-order valence-corrected chi connectivity index (χ0v) is 18.6. The van der Waals surface area contributed by atoms with Crippen LogP contribution in [0, 0.1) is 5.82 Å². The highest BCUT2D eigenvalue weighted by molar-refractivity contribution is 6.31. The summed E-state index contributed by atoms with van der Waals surface area (Å²) < 4.78 is 21.2. The van der Waals surface area contributed by atoms with Gasteiger partial charge in [0.25, 0.3) is 0 Å². The summed E-state index contributed by atoms with van der Waals surface area (Å²) in [6.45, 7) is 0.356. The van der Waals surface area contributed by atoms with Gasteiger partial charge in [0.2, 0.25) is 0 Å². The molecule has 5 rings (SSSR count). The van der Waals surface area contributed by atoms with Crippen molar-refractivity contribution in [2.24, 2.45) is 0 Å². The highest BCUT2D eigenvalue weighted by Crippen LogP contribution is 2.37. The minimum atomic E-state index is -0.446. The van der Waals surface area contributed by atoms with Crippen LogP contribution in [0.2, 0.25) is 5.02 Å². The number of aromatic nitrogens is 1. The average molecular weight is 462 g/mol. The molecule has 1 unspecified atom stereocenters. The van der Waals surface area contributed by atoms with Crippen molar-refractivity contribution in [3.63, 3.8) is 0 Å². The maximum absolute atomic E-state index is 13.7. The molecule has 1 aliphatic heterocycles. The second kappa shape index (κ2) is 8.64. The SMILES string of the molecule is COc1ccc(Cl)cc1NC(=O)N1Cc2ccccc2-n2cccc2C1c1ccc(F)cc1. The van der Waals surface area contributed by atoms with E-state index in [-0.39, 0.29) is 11.8 Å². The van der Waals surface area contributed by atoms with E-state index < -0.39 is 6.04 Å². The van der Waals surface area contributed by atoms with Crippen LogP contribution in [0.1, 0.15) is 22.9 Å². The number of amides is 2. The number of hydrogen-bond donors (Lipinski definition) is 1. The molecule has 3 aromatic carbocycles. The van der Waals surface area contributed by atoms with Crippen molar-refractivity contribution in [1.29, 1.82) is 0 Å². The van der Waals surface area contributed by atoms with Gasteiger partial charge in [-0.3, -0.25) is 0 Å². The summed E-state index contributed by atoms with van der Waals surface area (Å²) in [6.07, 6.45) is 1.98. The fourth-order valence-corrected chi connectivity index (χ4v) is 4.47. The van der Waals surface area contributed by atoms with Gasteiger partial charge in [-0.05, 0) is 59.7 Å². The van der Waals surface area contributed by atoms with E-state index in [4.69, 9.17) is 16.3 Å². The number of urea groups is 1. The summed E-state index contributed by atoms with van der Waals surface area (Å²) in [5, 5.41) is 3.44. The van der Waals surface area contributed by atoms with Crippen molar-refractivity contribution < 1.29 is 13.9 Å². The van der Waals surface area contributed by atoms with Crippen molar-refractivity contribution in [2.75, 3.05) is 12.4 Å². The van der Waals surface area contributed by atoms with Gasteiger partial charge in [-0.2, -0.15) is 0 Å². The Balaban J connectivity index is 1.63. The van der Waals surface area contributed by atoms with Gasteiger partial charge in [0.05, 0.1) is 31.1 Å². The molecule has 2 heterocycles. The van der Waals surface area contributed by atoms with E-state index in [1.54, 1.807) is 35.2 Å². The summed E-state index contributed by atoms with van der Waals surface area (Å²) in [6, 6.07) is 22.4. The van der Waals surface area contributed by atoms with Crippen molar-refractivity contribution in [1.82, 2.24) is 9.47 Å². The van der Waals surface area contributed by atoms with Crippen LogP contribution in [0.25, 0.3) is 5.69 Å². The third kappa shape index (κ3) is 3.94. The van der Waals surface area contributed by atoms with Gasteiger partial charge in [-0.15, -0.1) is 0 Å². The highest BCUT2D eigenvalue weighted by Gasteiger charge is 2.33. The Bertz CT molecular complexity index is 1320. The van der Waals surface area contributed by atoms with E-state index >= 15 is 0 Å². The molecule has 0 bridgehead atoms. The lowest BCUT2D eigenvalue weighted by Crippen LogP contribution is -2.38. The Morgan fingerprint density at radius 2 is 1.85 bits per heavy atom. The summed E-state index contributed by atoms with van der Waals surface area (Å²) in [4.78, 5) is 15.5. The number of ether oxygens (including phenoxy) is 1. The zero-order valence-electron chi connectivity index (χ0n) is 17.8. The van der Waals surface area contributed by atoms with Gasteiger partial charge in [-0.25, -0.2) is 9.18 Å². The van der Waals surface area contributed by atoms with E-state index in [2.05, 4.69) is 9.88 Å². The maximum Gasteiger partial charge on any atom is 0.323 e. The summed E-state index contributed by atoms with van der Waals surface area (Å²) in [7, 11) is 1.54. The van der Waals surface area contributed by atoms with E-state index in [0.29, 0.717) is 23.0 Å². The first-order valence-electron chi connectivity index (χ1n) is 10.5. The number of methoxy groups -OCH3 is 1. The fraction of sp³-hybridized carbons (Fsp3) is 0.115. The molecule has 33 heavy (non-hydrogen) atoms. The summed E-state index contributed by atoms with van der Waals surface area (Å²) >= 11 is 6.17. The predicted molar refractivity (Wildman–Crippen MR) is 127 cm³/mol. The second-order valence-corrected chi connectivity index (χ2v) is 8.22. The van der Waals surface area contributed by atoms with E-state index in [1.807, 2.05) is 42.6 Å². The van der Waals surface area contributed by atoms with Crippen LogP contribution in [-0.2, 0) is 6.54 Å². The first-order chi connectivity index (χ1) is 16.0. The standard InChI is InChI=1S/C26H21ClFN3O2/c1-33-24-13-10-19(27)15-21(24)29-26(32)31-16-18-5-2-3-6-22(18)30-14-4-7-23(30)25(31)17-8-11-20(28)12-9-17/h2-15,25H,16H2,1H3,(H,29,32). The number of nitrogens with one attached hydrogen (secondary N) is 1. The largest absolute Gasteiger partial charge is 0.495 e. The number of fused-ring (bicyclic) bond motifs is 3. The van der Waals surface area contributed by atoms with Gasteiger partial charge in [0.15, 0.2) is 0 Å². The van der Waals surface area contributed by atoms with Gasteiger partial charge in [-0.1, -0.05) is 41.9 Å². The zero-order chi connectivity index (χ0) is 22.9. The Hall–Kier alpha value is -3.77. The minimum Gasteiger partial charge on any atom is -0.495 e. The lowest BCUT2D eigenvalue weighted by atomic mass is 10.0. The molecule has 7 heteroatoms. The van der Waals surface area contributed by atoms with Crippen LogP contribution in [0.5, 0.6) is 5.75 Å². The Morgan fingerprint density at radius 1 is 1.06 bits per heavy atom. The molecule has 0 aliphatic carbocycles. The Labute approximate surface area is 196 Å². The topological polar surface area (TPSA) is 46.5 Å². The molecular weight excluding hydrogens is 441 g/mol. The lowest BCUT2D eigenvalue weighted by Gasteiger charge is -2.31. The molecule has 0 radical (unpaired) electrons. The molecule has 166 valence electrons. The number of anilines is 1. The Kier molecular flexibility index (Phi) is 5.52. The maximum atomic E-state index is 13.7. The normalized spacial score (nSPS) is 14.8. The monoisotopic (exact) mass is 461 g/mol. The molecule has 0 fully saturated rings. The summed E-state index contributed by atoms with van der Waals surface area (Å²) in [5.74, 6) is 0.176. The molecule has 4 aromatic rings. The third-order valence-electron chi connectivity index (χ3n) is 5.81. The van der Waals surface area contributed by atoms with E-state index in [0.717, 1.165) is 22.5 Å². The van der Waals surface area contributed by atoms with Crippen molar-refractivity contribution in [3.8, 4) is 11.4 Å². The quantitative estimate of drug-likeness (QED) is 0.383. The van der Waals surface area contributed by atoms with E-state index in [9.17, 15) is 9.18 Å². The van der Waals surface area contributed by atoms with Crippen LogP contribution < -0.4 is 10.1 Å². The number of nitrogens with zero attached hydrogens (tertiary/aromatic N) is 2. The molecule has 0 saturated carbocycles. The van der Waals surface area contributed by atoms with Gasteiger partial charge in [0.1, 0.15) is 11.6 Å². The van der Waals surface area contributed by atoms with Gasteiger partial charge < -0.3 is 19.5 Å². The van der Waals surface area contributed by atoms with Crippen LogP contribution >= 0.6 is 11.6 Å². The smallest absolute Gasteiger partial charge is 0.323 e. The van der Waals surface area contributed by atoms with Gasteiger partial charge in [0, 0.05) is 16.9 Å². The van der Waals surface area contributed by atoms with Crippen LogP contribution in [0.15, 0.2) is 85.1 Å². The average Bonchev–Trinajstić information content (AvgIpc) is 3.24. The number of hydrogen-bond acceptors (Lipinski definition) is 2. The molecular formula is C26H21ClFN3O2. The predicted octanol–water partition coefficient (Wildman–Crippen LogP) is 6.42. The highest BCUT2D eigenvalue weighted by atomic mass is 35.5. The molecule has 1 aliphatic rings. The second-order valence-electron chi connectivity index (χ2n) is 7.79. The first kappa shape index (κ1) is 21.1. The number of para-hydroxylation sites is 1. The van der Waals surface area contributed by atoms with Crippen LogP contribution in [0.4, 0.5) is 14.9 Å². The fourth-order valence-electron chi connectivity index (χ4n) is 4.30. The molecule has 0 saturated heterocycles. The molecule has 1 atom stereocenters. The van der Waals surface area contributed by atoms with Crippen molar-refractivity contribution >= 4 is 23.3 Å². The Morgan fingerprint density at radius 3 is 2.64 bits per heavy atom. The number of halogens is 2. The number of carbonyl (C=O) groups is 1. The summed E-state index contributed by atoms with van der Waals surface area (Å²) in [5.41, 5.74) is 4.17. The first-order valence-corrected chi connectivity index (χ1v) is 10.8. The molecule has 1 aromatic heterocycles. The van der Waals surface area contributed by atoms with Crippen molar-refractivity contribution in [2.45, 2.75) is 12.6 Å². The molecule has 1 N–H and O–H groups in total. The molecule has 2 amide bonds. The minimum absolute atomic E-state index is 0.325. The third-order valence-corrected chi connectivity index (χ3v) is 6.05. The number of carbonyl (C=O) groups excluding carboxylic acids is 1. The van der Waals surface area contributed by atoms with Crippen LogP contribution in [-0.4, -0.2) is 22.6 Å². The number of benzene rings is 3. The molecule has 5 nitrogen and oxygen atoms in total. The lowest BCUT2D eigenvalue weighted by molar-refractivity contribution is 0.194. The molecule has 0 spiro atoms. The van der Waals surface area contributed by atoms with E-state index in [1.165, 1.54) is 19.2 Å². The van der Waals surface area contributed by atoms with Crippen LogP contribution in [0.3, 0.4) is 0 Å². The van der Waals surface area contributed by atoms with Gasteiger partial charge >= 0.3 is 6.03 Å². The number of rotatable bonds is 3.